The smallest absolute Gasteiger partial charge is 0.130 e. The van der Waals surface area contributed by atoms with Crippen LogP contribution in [-0.2, 0) is 6.61 Å². The zero-order valence-corrected chi connectivity index (χ0v) is 10.5. The van der Waals surface area contributed by atoms with Crippen molar-refractivity contribution in [1.29, 1.82) is 0 Å². The van der Waals surface area contributed by atoms with Crippen molar-refractivity contribution >= 4 is 5.69 Å². The van der Waals surface area contributed by atoms with E-state index in [1.807, 2.05) is 43.3 Å². The normalized spacial score (nSPS) is 10.2. The minimum absolute atomic E-state index is 0.0884. The van der Waals surface area contributed by atoms with Gasteiger partial charge in [-0.1, -0.05) is 6.07 Å². The number of pyridine rings is 1. The van der Waals surface area contributed by atoms with Gasteiger partial charge in [0.05, 0.1) is 12.3 Å². The van der Waals surface area contributed by atoms with Gasteiger partial charge in [0.1, 0.15) is 11.5 Å². The summed E-state index contributed by atoms with van der Waals surface area (Å²) >= 11 is 0. The second kappa shape index (κ2) is 5.51. The minimum Gasteiger partial charge on any atom is -0.457 e. The largest absolute Gasteiger partial charge is 0.457 e. The van der Waals surface area contributed by atoms with Gasteiger partial charge in [0.15, 0.2) is 0 Å². The van der Waals surface area contributed by atoms with E-state index in [9.17, 15) is 0 Å². The van der Waals surface area contributed by atoms with Gasteiger partial charge in [0.25, 0.3) is 0 Å². The van der Waals surface area contributed by atoms with E-state index in [1.165, 1.54) is 0 Å². The Morgan fingerprint density at radius 2 is 1.94 bits per heavy atom. The molecule has 1 aromatic heterocycles. The monoisotopic (exact) mass is 244 g/mol. The predicted molar refractivity (Wildman–Crippen MR) is 71.0 cm³/mol. The lowest BCUT2D eigenvalue weighted by molar-refractivity contribution is 0.276. The van der Waals surface area contributed by atoms with Gasteiger partial charge in [-0.25, -0.2) is 0 Å². The molecule has 1 aromatic carbocycles. The summed E-state index contributed by atoms with van der Waals surface area (Å²) in [5, 5.41) is 9.02. The van der Waals surface area contributed by atoms with Crippen LogP contribution in [0, 0.1) is 0 Å². The third-order valence-corrected chi connectivity index (χ3v) is 2.52. The molecule has 4 heteroatoms. The maximum atomic E-state index is 9.02. The van der Waals surface area contributed by atoms with E-state index in [0.717, 1.165) is 11.4 Å². The summed E-state index contributed by atoms with van der Waals surface area (Å²) in [5.74, 6) is 1.43. The topological polar surface area (TPSA) is 45.6 Å². The average molecular weight is 244 g/mol. The summed E-state index contributed by atoms with van der Waals surface area (Å²) in [6.07, 6.45) is 1.62. The molecule has 2 aromatic rings. The second-order valence-electron chi connectivity index (χ2n) is 4.13. The van der Waals surface area contributed by atoms with Gasteiger partial charge in [-0.2, -0.15) is 0 Å². The van der Waals surface area contributed by atoms with Crippen LogP contribution >= 0.6 is 0 Å². The lowest BCUT2D eigenvalue weighted by atomic mass is 10.3. The Kier molecular flexibility index (Phi) is 3.79. The number of aromatic nitrogens is 1. The number of hydrogen-bond acceptors (Lipinski definition) is 4. The summed E-state index contributed by atoms with van der Waals surface area (Å²) in [7, 11) is 3.96. The second-order valence-corrected chi connectivity index (χ2v) is 4.13. The third-order valence-electron chi connectivity index (χ3n) is 2.52. The first-order valence-corrected chi connectivity index (χ1v) is 5.70. The Morgan fingerprint density at radius 1 is 1.17 bits per heavy atom. The average Bonchev–Trinajstić information content (AvgIpc) is 2.39. The molecule has 0 atom stereocenters. The van der Waals surface area contributed by atoms with Gasteiger partial charge in [-0.15, -0.1) is 0 Å². The molecule has 2 rings (SSSR count). The molecule has 0 unspecified atom stereocenters. The molecule has 0 saturated carbocycles. The lowest BCUT2D eigenvalue weighted by Crippen LogP contribution is -2.08. The molecule has 1 heterocycles. The van der Waals surface area contributed by atoms with E-state index < -0.39 is 0 Å². The zero-order chi connectivity index (χ0) is 13.0. The zero-order valence-electron chi connectivity index (χ0n) is 10.5. The molecule has 0 aliphatic heterocycles. The van der Waals surface area contributed by atoms with Crippen LogP contribution in [0.4, 0.5) is 5.69 Å². The molecule has 0 aliphatic carbocycles. The molecule has 4 nitrogen and oxygen atoms in total. The SMILES string of the molecule is CN(C)c1cccc(Oc2ccnc(CO)c2)c1. The number of ether oxygens (including phenoxy) is 1. The van der Waals surface area contributed by atoms with Crippen molar-refractivity contribution in [1.82, 2.24) is 4.98 Å². The molecule has 1 N–H and O–H groups in total. The Hall–Kier alpha value is -2.07. The van der Waals surface area contributed by atoms with E-state index in [2.05, 4.69) is 4.98 Å². The fraction of sp³-hybridized carbons (Fsp3) is 0.214. The molecule has 0 saturated heterocycles. The van der Waals surface area contributed by atoms with Gasteiger partial charge >= 0.3 is 0 Å². The van der Waals surface area contributed by atoms with Crippen LogP contribution in [0.5, 0.6) is 11.5 Å². The fourth-order valence-corrected chi connectivity index (χ4v) is 1.57. The number of aliphatic hydroxyl groups is 1. The van der Waals surface area contributed by atoms with Gasteiger partial charge in [0.2, 0.25) is 0 Å². The van der Waals surface area contributed by atoms with Crippen molar-refractivity contribution in [3.8, 4) is 11.5 Å². The summed E-state index contributed by atoms with van der Waals surface area (Å²) < 4.78 is 5.73. The summed E-state index contributed by atoms with van der Waals surface area (Å²) in [6, 6.07) is 11.3. The summed E-state index contributed by atoms with van der Waals surface area (Å²) in [4.78, 5) is 6.02. The van der Waals surface area contributed by atoms with E-state index in [1.54, 1.807) is 18.3 Å². The molecule has 0 spiro atoms. The Morgan fingerprint density at radius 3 is 2.67 bits per heavy atom. The van der Waals surface area contributed by atoms with Crippen LogP contribution in [0.15, 0.2) is 42.6 Å². The third kappa shape index (κ3) is 2.99. The number of rotatable bonds is 4. The molecule has 0 aliphatic rings. The first-order chi connectivity index (χ1) is 8.69. The Balaban J connectivity index is 2.20. The van der Waals surface area contributed by atoms with Crippen molar-refractivity contribution < 1.29 is 9.84 Å². The van der Waals surface area contributed by atoms with Crippen molar-refractivity contribution in [3.05, 3.63) is 48.3 Å². The number of aliphatic hydroxyl groups excluding tert-OH is 1. The van der Waals surface area contributed by atoms with Gasteiger partial charge < -0.3 is 14.7 Å². The van der Waals surface area contributed by atoms with Crippen molar-refractivity contribution in [3.63, 3.8) is 0 Å². The quantitative estimate of drug-likeness (QED) is 0.897. The fourth-order valence-electron chi connectivity index (χ4n) is 1.57. The molecular formula is C14H16N2O2. The molecular weight excluding hydrogens is 228 g/mol. The maximum absolute atomic E-state index is 9.02. The first kappa shape index (κ1) is 12.4. The standard InChI is InChI=1S/C14H16N2O2/c1-16(2)12-4-3-5-13(9-12)18-14-6-7-15-11(8-14)10-17/h3-9,17H,10H2,1-2H3. The minimum atomic E-state index is -0.0884. The van der Waals surface area contributed by atoms with Crippen molar-refractivity contribution in [2.24, 2.45) is 0 Å². The van der Waals surface area contributed by atoms with E-state index >= 15 is 0 Å². The van der Waals surface area contributed by atoms with E-state index in [-0.39, 0.29) is 6.61 Å². The maximum Gasteiger partial charge on any atom is 0.130 e. The van der Waals surface area contributed by atoms with E-state index in [0.29, 0.717) is 11.4 Å². The summed E-state index contributed by atoms with van der Waals surface area (Å²) in [5.41, 5.74) is 1.67. The lowest BCUT2D eigenvalue weighted by Gasteiger charge is -2.14. The molecule has 94 valence electrons. The molecule has 0 bridgehead atoms. The van der Waals surface area contributed by atoms with Crippen LogP contribution in [0.3, 0.4) is 0 Å². The molecule has 18 heavy (non-hydrogen) atoms. The highest BCUT2D eigenvalue weighted by Crippen LogP contribution is 2.25. The highest BCUT2D eigenvalue weighted by atomic mass is 16.5. The Bertz CT molecular complexity index is 527. The van der Waals surface area contributed by atoms with Crippen LogP contribution in [0.25, 0.3) is 0 Å². The highest BCUT2D eigenvalue weighted by Gasteiger charge is 2.01. The van der Waals surface area contributed by atoms with Crippen LogP contribution < -0.4 is 9.64 Å². The van der Waals surface area contributed by atoms with Gasteiger partial charge in [-0.05, 0) is 18.2 Å². The van der Waals surface area contributed by atoms with Gasteiger partial charge in [-0.3, -0.25) is 4.98 Å². The van der Waals surface area contributed by atoms with Crippen molar-refractivity contribution in [2.45, 2.75) is 6.61 Å². The number of anilines is 1. The van der Waals surface area contributed by atoms with Gasteiger partial charge in [0, 0.05) is 38.1 Å². The van der Waals surface area contributed by atoms with Crippen LogP contribution in [0.2, 0.25) is 0 Å². The van der Waals surface area contributed by atoms with Crippen LogP contribution in [-0.4, -0.2) is 24.2 Å². The predicted octanol–water partition coefficient (Wildman–Crippen LogP) is 2.43. The Labute approximate surface area is 106 Å². The van der Waals surface area contributed by atoms with E-state index in [4.69, 9.17) is 9.84 Å². The summed E-state index contributed by atoms with van der Waals surface area (Å²) in [6.45, 7) is -0.0884. The van der Waals surface area contributed by atoms with Crippen molar-refractivity contribution in [2.75, 3.05) is 19.0 Å². The number of benzene rings is 1. The number of nitrogens with zero attached hydrogens (tertiary/aromatic N) is 2. The van der Waals surface area contributed by atoms with Crippen LogP contribution in [0.1, 0.15) is 5.69 Å². The highest BCUT2D eigenvalue weighted by molar-refractivity contribution is 5.50. The molecule has 0 amide bonds. The first-order valence-electron chi connectivity index (χ1n) is 5.70. The molecule has 0 fully saturated rings. The molecule has 0 radical (unpaired) electrons. The number of hydrogen-bond donors (Lipinski definition) is 1.